The van der Waals surface area contributed by atoms with Crippen LogP contribution < -0.4 is 0 Å². The van der Waals surface area contributed by atoms with Crippen molar-refractivity contribution in [2.45, 2.75) is 12.5 Å². The summed E-state index contributed by atoms with van der Waals surface area (Å²) < 4.78 is 5.21. The van der Waals surface area contributed by atoms with Crippen molar-refractivity contribution in [2.75, 3.05) is 13.2 Å². The van der Waals surface area contributed by atoms with Gasteiger partial charge in [0, 0.05) is 6.42 Å². The zero-order chi connectivity index (χ0) is 12.3. The predicted octanol–water partition coefficient (Wildman–Crippen LogP) is 1.20. The van der Waals surface area contributed by atoms with Crippen LogP contribution in [0.1, 0.15) is 23.7 Å². The van der Waals surface area contributed by atoms with E-state index in [1.54, 1.807) is 24.3 Å². The van der Waals surface area contributed by atoms with Gasteiger partial charge in [0.2, 0.25) is 0 Å². The second-order valence-electron chi connectivity index (χ2n) is 4.08. The lowest BCUT2D eigenvalue weighted by molar-refractivity contribution is -0.136. The van der Waals surface area contributed by atoms with Gasteiger partial charge < -0.3 is 9.84 Å². The molecule has 1 aromatic rings. The van der Waals surface area contributed by atoms with E-state index in [4.69, 9.17) is 10.00 Å². The molecular formula is C13H13NO3. The van der Waals surface area contributed by atoms with E-state index < -0.39 is 12.0 Å². The number of carbonyl (C=O) groups is 1. The first-order valence-corrected chi connectivity index (χ1v) is 5.51. The van der Waals surface area contributed by atoms with Crippen molar-refractivity contribution in [3.63, 3.8) is 0 Å². The van der Waals surface area contributed by atoms with Gasteiger partial charge in [-0.25, -0.2) is 0 Å². The second-order valence-corrected chi connectivity index (χ2v) is 4.08. The molecule has 4 nitrogen and oxygen atoms in total. The van der Waals surface area contributed by atoms with Crippen LogP contribution in [0.5, 0.6) is 0 Å². The summed E-state index contributed by atoms with van der Waals surface area (Å²) in [5.41, 5.74) is 1.18. The first-order chi connectivity index (χ1) is 8.22. The minimum atomic E-state index is -0.851. The number of rotatable bonds is 2. The number of hydrogen-bond donors (Lipinski definition) is 1. The Bertz CT molecular complexity index is 447. The Morgan fingerprint density at radius 1 is 1.41 bits per heavy atom. The van der Waals surface area contributed by atoms with Crippen LogP contribution >= 0.6 is 0 Å². The highest BCUT2D eigenvalue weighted by Gasteiger charge is 2.30. The number of Topliss-reactive ketones (excluding diaryl/α,β-unsaturated/α-hetero) is 1. The average molecular weight is 231 g/mol. The van der Waals surface area contributed by atoms with Gasteiger partial charge in [-0.05, 0) is 17.7 Å². The molecule has 1 heterocycles. The van der Waals surface area contributed by atoms with Crippen LogP contribution in [0.3, 0.4) is 0 Å². The number of nitriles is 1. The van der Waals surface area contributed by atoms with E-state index in [1.807, 2.05) is 6.07 Å². The number of ketones is 1. The maximum Gasteiger partial charge on any atom is 0.143 e. The quantitative estimate of drug-likeness (QED) is 0.830. The summed E-state index contributed by atoms with van der Waals surface area (Å²) in [5, 5.41) is 18.8. The number of aliphatic hydroxyl groups excluding tert-OH is 1. The van der Waals surface area contributed by atoms with Crippen molar-refractivity contribution in [2.24, 2.45) is 5.92 Å². The Morgan fingerprint density at radius 3 is 2.71 bits per heavy atom. The van der Waals surface area contributed by atoms with Gasteiger partial charge in [-0.2, -0.15) is 5.26 Å². The molecule has 0 saturated carbocycles. The highest BCUT2D eigenvalue weighted by atomic mass is 16.5. The average Bonchev–Trinajstić information content (AvgIpc) is 2.39. The number of benzene rings is 1. The highest BCUT2D eigenvalue weighted by molar-refractivity contribution is 5.82. The minimum Gasteiger partial charge on any atom is -0.388 e. The molecule has 1 N–H and O–H groups in total. The Balaban J connectivity index is 2.15. The van der Waals surface area contributed by atoms with Gasteiger partial charge >= 0.3 is 0 Å². The molecule has 1 saturated heterocycles. The number of hydrogen-bond acceptors (Lipinski definition) is 4. The van der Waals surface area contributed by atoms with E-state index in [0.717, 1.165) is 0 Å². The zero-order valence-electron chi connectivity index (χ0n) is 9.30. The Labute approximate surface area is 99.4 Å². The maximum atomic E-state index is 11.6. The summed E-state index contributed by atoms with van der Waals surface area (Å²) in [4.78, 5) is 11.6. The third-order valence-corrected chi connectivity index (χ3v) is 2.97. The normalized spacial score (nSPS) is 21.9. The fourth-order valence-electron chi connectivity index (χ4n) is 1.92. The standard InChI is InChI=1S/C13H13NO3/c14-7-9-1-3-10(4-2-9)13(16)11-8-17-6-5-12(11)15/h1-4,11,13,16H,5-6,8H2/t11-,13+/m1/s1. The van der Waals surface area contributed by atoms with Crippen molar-refractivity contribution < 1.29 is 14.6 Å². The smallest absolute Gasteiger partial charge is 0.143 e. The SMILES string of the molecule is N#Cc1ccc([C@H](O)[C@@H]2COCCC2=O)cc1. The van der Waals surface area contributed by atoms with Crippen LogP contribution in [0.15, 0.2) is 24.3 Å². The molecule has 1 aromatic carbocycles. The van der Waals surface area contributed by atoms with Crippen LogP contribution in [0.2, 0.25) is 0 Å². The summed E-state index contributed by atoms with van der Waals surface area (Å²) in [7, 11) is 0. The number of aliphatic hydroxyl groups is 1. The first-order valence-electron chi connectivity index (χ1n) is 5.51. The number of nitrogens with zero attached hydrogens (tertiary/aromatic N) is 1. The van der Waals surface area contributed by atoms with Gasteiger partial charge in [-0.3, -0.25) is 4.79 Å². The van der Waals surface area contributed by atoms with Gasteiger partial charge in [0.05, 0.1) is 36.9 Å². The van der Waals surface area contributed by atoms with E-state index >= 15 is 0 Å². The number of ether oxygens (including phenoxy) is 1. The molecule has 2 rings (SSSR count). The Hall–Kier alpha value is -1.70. The van der Waals surface area contributed by atoms with Crippen LogP contribution in [0.25, 0.3) is 0 Å². The summed E-state index contributed by atoms with van der Waals surface area (Å²) in [6, 6.07) is 8.61. The lowest BCUT2D eigenvalue weighted by atomic mass is 9.90. The van der Waals surface area contributed by atoms with Crippen molar-refractivity contribution in [3.8, 4) is 6.07 Å². The summed E-state index contributed by atoms with van der Waals surface area (Å²) in [5.74, 6) is -0.454. The van der Waals surface area contributed by atoms with Crippen molar-refractivity contribution in [1.82, 2.24) is 0 Å². The molecule has 0 aliphatic carbocycles. The van der Waals surface area contributed by atoms with Gasteiger partial charge in [-0.1, -0.05) is 12.1 Å². The topological polar surface area (TPSA) is 70.3 Å². The third-order valence-electron chi connectivity index (χ3n) is 2.97. The fourth-order valence-corrected chi connectivity index (χ4v) is 1.92. The predicted molar refractivity (Wildman–Crippen MR) is 60.0 cm³/mol. The zero-order valence-corrected chi connectivity index (χ0v) is 9.30. The molecular weight excluding hydrogens is 218 g/mol. The molecule has 0 radical (unpaired) electrons. The lowest BCUT2D eigenvalue weighted by Gasteiger charge is -2.25. The van der Waals surface area contributed by atoms with Crippen molar-refractivity contribution in [1.29, 1.82) is 5.26 Å². The van der Waals surface area contributed by atoms with Gasteiger partial charge in [0.15, 0.2) is 0 Å². The van der Waals surface area contributed by atoms with Crippen molar-refractivity contribution >= 4 is 5.78 Å². The first kappa shape index (κ1) is 11.8. The maximum absolute atomic E-state index is 11.6. The van der Waals surface area contributed by atoms with Gasteiger partial charge in [-0.15, -0.1) is 0 Å². The van der Waals surface area contributed by atoms with Gasteiger partial charge in [0.25, 0.3) is 0 Å². The Morgan fingerprint density at radius 2 is 2.12 bits per heavy atom. The second kappa shape index (κ2) is 5.09. The number of carbonyl (C=O) groups excluding carboxylic acids is 1. The van der Waals surface area contributed by atoms with E-state index in [1.165, 1.54) is 0 Å². The molecule has 88 valence electrons. The fraction of sp³-hybridized carbons (Fsp3) is 0.385. The monoisotopic (exact) mass is 231 g/mol. The van der Waals surface area contributed by atoms with Crippen molar-refractivity contribution in [3.05, 3.63) is 35.4 Å². The molecule has 1 aliphatic rings. The van der Waals surface area contributed by atoms with Crippen LogP contribution in [-0.2, 0) is 9.53 Å². The summed E-state index contributed by atoms with van der Waals surface area (Å²) in [6.07, 6.45) is -0.492. The lowest BCUT2D eigenvalue weighted by Crippen LogP contribution is -2.32. The largest absolute Gasteiger partial charge is 0.388 e. The molecule has 17 heavy (non-hydrogen) atoms. The minimum absolute atomic E-state index is 0.0353. The van der Waals surface area contributed by atoms with Crippen LogP contribution in [0, 0.1) is 17.2 Å². The van der Waals surface area contributed by atoms with Crippen LogP contribution in [0.4, 0.5) is 0 Å². The molecule has 2 atom stereocenters. The molecule has 4 heteroatoms. The van der Waals surface area contributed by atoms with E-state index in [9.17, 15) is 9.90 Å². The van der Waals surface area contributed by atoms with E-state index in [0.29, 0.717) is 24.2 Å². The van der Waals surface area contributed by atoms with Crippen LogP contribution in [-0.4, -0.2) is 24.1 Å². The molecule has 1 aliphatic heterocycles. The summed E-state index contributed by atoms with van der Waals surface area (Å²) >= 11 is 0. The van der Waals surface area contributed by atoms with E-state index in [2.05, 4.69) is 0 Å². The molecule has 0 bridgehead atoms. The van der Waals surface area contributed by atoms with Gasteiger partial charge in [0.1, 0.15) is 5.78 Å². The molecule has 0 unspecified atom stereocenters. The highest BCUT2D eigenvalue weighted by Crippen LogP contribution is 2.26. The summed E-state index contributed by atoms with van der Waals surface area (Å²) in [6.45, 7) is 0.704. The molecule has 0 aromatic heterocycles. The Kier molecular flexibility index (Phi) is 3.52. The van der Waals surface area contributed by atoms with E-state index in [-0.39, 0.29) is 12.4 Å². The molecule has 1 fully saturated rings. The third kappa shape index (κ3) is 2.52. The molecule has 0 spiro atoms. The molecule has 0 amide bonds.